The van der Waals surface area contributed by atoms with E-state index in [4.69, 9.17) is 4.98 Å². The van der Waals surface area contributed by atoms with Gasteiger partial charge in [-0.25, -0.2) is 4.98 Å². The zero-order chi connectivity index (χ0) is 24.1. The van der Waals surface area contributed by atoms with Crippen LogP contribution >= 0.6 is 0 Å². The molecule has 35 heavy (non-hydrogen) atoms. The minimum absolute atomic E-state index is 0.0562. The van der Waals surface area contributed by atoms with Gasteiger partial charge in [-0.3, -0.25) is 19.7 Å². The van der Waals surface area contributed by atoms with Crippen molar-refractivity contribution in [3.8, 4) is 11.3 Å². The monoisotopic (exact) mass is 460 g/mol. The van der Waals surface area contributed by atoms with E-state index in [1.54, 1.807) is 48.5 Å². The summed E-state index contributed by atoms with van der Waals surface area (Å²) in [5.74, 6) is -0.894. The number of pyridine rings is 1. The van der Waals surface area contributed by atoms with Gasteiger partial charge in [0.25, 0.3) is 5.69 Å². The summed E-state index contributed by atoms with van der Waals surface area (Å²) >= 11 is 0. The van der Waals surface area contributed by atoms with Crippen LogP contribution in [0.25, 0.3) is 39.1 Å². The first-order valence-corrected chi connectivity index (χ1v) is 10.8. The molecule has 8 heteroatoms. The average molecular weight is 460 g/mol. The summed E-state index contributed by atoms with van der Waals surface area (Å²) in [4.78, 5) is 44.4. The van der Waals surface area contributed by atoms with Gasteiger partial charge in [0.15, 0.2) is 0 Å². The number of aromatic nitrogens is 2. The number of hydrogen-bond acceptors (Lipinski definition) is 6. The Kier molecular flexibility index (Phi) is 4.53. The highest BCUT2D eigenvalue weighted by Crippen LogP contribution is 2.35. The fourth-order valence-corrected chi connectivity index (χ4v) is 4.41. The molecule has 0 spiro atoms. The van der Waals surface area contributed by atoms with Crippen LogP contribution in [0.1, 0.15) is 15.9 Å². The molecule has 0 saturated heterocycles. The van der Waals surface area contributed by atoms with Crippen LogP contribution in [-0.2, 0) is 4.79 Å². The summed E-state index contributed by atoms with van der Waals surface area (Å²) in [6.45, 7) is 0. The van der Waals surface area contributed by atoms with Crippen LogP contribution in [0, 0.1) is 10.1 Å². The number of aromatic amines is 1. The number of rotatable bonds is 4. The van der Waals surface area contributed by atoms with Crippen LogP contribution in [0.3, 0.4) is 0 Å². The number of nitrogens with zero attached hydrogens (tertiary/aromatic N) is 2. The summed E-state index contributed by atoms with van der Waals surface area (Å²) in [7, 11) is 0. The third kappa shape index (κ3) is 3.36. The second-order valence-corrected chi connectivity index (χ2v) is 8.19. The van der Waals surface area contributed by atoms with Crippen molar-refractivity contribution in [2.24, 2.45) is 0 Å². The molecular weight excluding hydrogens is 444 g/mol. The summed E-state index contributed by atoms with van der Waals surface area (Å²) in [6.07, 6.45) is 1.63. The number of nitrogens with one attached hydrogen (secondary N) is 2. The molecule has 1 aliphatic rings. The van der Waals surface area contributed by atoms with Crippen LogP contribution in [0.4, 0.5) is 11.5 Å². The number of para-hydroxylation sites is 1. The molecule has 0 fully saturated rings. The highest BCUT2D eigenvalue weighted by atomic mass is 16.6. The Balaban J connectivity index is 1.55. The lowest BCUT2D eigenvalue weighted by atomic mass is 9.93. The molecule has 0 unspecified atom stereocenters. The second-order valence-electron chi connectivity index (χ2n) is 8.19. The number of nitro groups is 1. The molecule has 2 aromatic heterocycles. The van der Waals surface area contributed by atoms with Crippen molar-refractivity contribution in [2.45, 2.75) is 0 Å². The summed E-state index contributed by atoms with van der Waals surface area (Å²) in [5, 5.41) is 16.2. The van der Waals surface area contributed by atoms with Gasteiger partial charge in [-0.1, -0.05) is 54.6 Å². The molecule has 0 amide bonds. The molecule has 0 atom stereocenters. The minimum Gasteiger partial charge on any atom is -0.353 e. The Morgan fingerprint density at radius 2 is 1.66 bits per heavy atom. The number of benzene rings is 3. The fourth-order valence-electron chi connectivity index (χ4n) is 4.41. The van der Waals surface area contributed by atoms with Gasteiger partial charge < -0.3 is 10.3 Å². The summed E-state index contributed by atoms with van der Waals surface area (Å²) in [6, 6.07) is 22.7. The van der Waals surface area contributed by atoms with Crippen LogP contribution in [0.5, 0.6) is 0 Å². The van der Waals surface area contributed by atoms with Crippen molar-refractivity contribution in [2.75, 3.05) is 5.32 Å². The molecule has 8 nitrogen and oxygen atoms in total. The largest absolute Gasteiger partial charge is 0.353 e. The van der Waals surface area contributed by atoms with E-state index in [2.05, 4.69) is 10.3 Å². The molecule has 0 aliphatic heterocycles. The van der Waals surface area contributed by atoms with E-state index in [1.165, 1.54) is 12.1 Å². The maximum absolute atomic E-state index is 12.8. The number of nitro benzene ring substituents is 1. The van der Waals surface area contributed by atoms with Gasteiger partial charge in [0.1, 0.15) is 5.82 Å². The maximum Gasteiger partial charge on any atom is 0.270 e. The van der Waals surface area contributed by atoms with Gasteiger partial charge in [-0.2, -0.15) is 0 Å². The number of hydrogen-bond donors (Lipinski definition) is 2. The lowest BCUT2D eigenvalue weighted by Crippen LogP contribution is -2.25. The Labute approximate surface area is 198 Å². The SMILES string of the molecule is O=C1C(=O)c2ccccc2C=C1Nc1cc2c([nH]c3ccccc32)c(-c2cccc([N+](=O)[O-])c2)n1. The van der Waals surface area contributed by atoms with E-state index in [9.17, 15) is 19.7 Å². The van der Waals surface area contributed by atoms with Crippen molar-refractivity contribution in [1.82, 2.24) is 9.97 Å². The highest BCUT2D eigenvalue weighted by Gasteiger charge is 2.28. The first kappa shape index (κ1) is 20.5. The maximum atomic E-state index is 12.8. The zero-order valence-corrected chi connectivity index (χ0v) is 18.1. The standard InChI is InChI=1S/C27H16N4O4/c32-26-18-9-2-1-6-15(18)13-22(27(26)33)28-23-14-20-19-10-3-4-11-21(19)29-25(20)24(30-23)16-7-5-8-17(12-16)31(34)35/h1-14,29H,(H,28,30). The predicted molar refractivity (Wildman–Crippen MR) is 133 cm³/mol. The van der Waals surface area contributed by atoms with E-state index < -0.39 is 16.5 Å². The van der Waals surface area contributed by atoms with Crippen molar-refractivity contribution >= 4 is 51.0 Å². The predicted octanol–water partition coefficient (Wildman–Crippen LogP) is 5.51. The summed E-state index contributed by atoms with van der Waals surface area (Å²) < 4.78 is 0. The van der Waals surface area contributed by atoms with Gasteiger partial charge in [0.05, 0.1) is 21.8 Å². The van der Waals surface area contributed by atoms with Gasteiger partial charge in [-0.05, 0) is 23.8 Å². The molecule has 5 aromatic rings. The molecule has 3 aromatic carbocycles. The highest BCUT2D eigenvalue weighted by molar-refractivity contribution is 6.52. The molecular formula is C27H16N4O4. The van der Waals surface area contributed by atoms with Crippen molar-refractivity contribution in [3.63, 3.8) is 0 Å². The zero-order valence-electron chi connectivity index (χ0n) is 18.1. The Bertz CT molecular complexity index is 1750. The molecule has 0 bridgehead atoms. The second kappa shape index (κ2) is 7.74. The van der Waals surface area contributed by atoms with Crippen LogP contribution in [-0.4, -0.2) is 26.5 Å². The minimum atomic E-state index is -0.651. The topological polar surface area (TPSA) is 118 Å². The third-order valence-corrected chi connectivity index (χ3v) is 6.05. The van der Waals surface area contributed by atoms with Crippen LogP contribution in [0.2, 0.25) is 0 Å². The Morgan fingerprint density at radius 3 is 2.51 bits per heavy atom. The number of H-pyrrole nitrogens is 1. The number of allylic oxidation sites excluding steroid dienone is 1. The number of Topliss-reactive ketones (excluding diaryl/α,β-unsaturated/α-hetero) is 2. The number of carbonyl (C=O) groups excluding carboxylic acids is 2. The molecule has 6 rings (SSSR count). The van der Waals surface area contributed by atoms with Crippen molar-refractivity contribution in [3.05, 3.63) is 106 Å². The van der Waals surface area contributed by atoms with Crippen molar-refractivity contribution in [1.29, 1.82) is 0 Å². The van der Waals surface area contributed by atoms with Crippen LogP contribution in [0.15, 0.2) is 84.6 Å². The van der Waals surface area contributed by atoms with E-state index in [-0.39, 0.29) is 11.4 Å². The number of fused-ring (bicyclic) bond motifs is 4. The van der Waals surface area contributed by atoms with Crippen LogP contribution < -0.4 is 5.32 Å². The lowest BCUT2D eigenvalue weighted by molar-refractivity contribution is -0.384. The number of non-ortho nitro benzene ring substituents is 1. The van der Waals surface area contributed by atoms with Gasteiger partial charge in [-0.15, -0.1) is 0 Å². The third-order valence-electron chi connectivity index (χ3n) is 6.05. The smallest absolute Gasteiger partial charge is 0.270 e. The lowest BCUT2D eigenvalue weighted by Gasteiger charge is -2.16. The molecule has 1 aliphatic carbocycles. The first-order valence-electron chi connectivity index (χ1n) is 10.8. The van der Waals surface area contributed by atoms with E-state index in [0.29, 0.717) is 33.7 Å². The normalized spacial score (nSPS) is 13.1. The number of carbonyl (C=O) groups is 2. The number of ketones is 2. The fraction of sp³-hybridized carbons (Fsp3) is 0. The van der Waals surface area contributed by atoms with E-state index >= 15 is 0 Å². The quantitative estimate of drug-likeness (QED) is 0.207. The molecule has 2 N–H and O–H groups in total. The van der Waals surface area contributed by atoms with E-state index in [1.807, 2.05) is 24.3 Å². The first-order chi connectivity index (χ1) is 17.0. The Hall–Kier alpha value is -5.11. The number of anilines is 1. The molecule has 2 heterocycles. The average Bonchev–Trinajstić information content (AvgIpc) is 3.25. The van der Waals surface area contributed by atoms with Gasteiger partial charge in [0, 0.05) is 39.5 Å². The van der Waals surface area contributed by atoms with E-state index in [0.717, 1.165) is 16.3 Å². The summed E-state index contributed by atoms with van der Waals surface area (Å²) in [5.41, 5.74) is 3.69. The molecule has 0 saturated carbocycles. The Morgan fingerprint density at radius 1 is 0.857 bits per heavy atom. The molecule has 0 radical (unpaired) electrons. The van der Waals surface area contributed by atoms with Crippen molar-refractivity contribution < 1.29 is 14.5 Å². The molecule has 168 valence electrons. The van der Waals surface area contributed by atoms with Gasteiger partial charge in [0.2, 0.25) is 11.6 Å². The van der Waals surface area contributed by atoms with Gasteiger partial charge >= 0.3 is 0 Å².